The average Bonchev–Trinajstić information content (AvgIpc) is 2.22. The fourth-order valence-corrected chi connectivity index (χ4v) is 2.29. The van der Waals surface area contributed by atoms with Gasteiger partial charge in [-0.25, -0.2) is 13.6 Å². The molecule has 0 saturated heterocycles. The van der Waals surface area contributed by atoms with E-state index in [1.165, 1.54) is 19.1 Å². The molecule has 0 heterocycles. The highest BCUT2D eigenvalue weighted by Crippen LogP contribution is 2.27. The normalized spacial score (nSPS) is 13.1. The monoisotopic (exact) mass is 272 g/mol. The zero-order valence-corrected chi connectivity index (χ0v) is 11.2. The first-order valence-electron chi connectivity index (χ1n) is 5.23. The lowest BCUT2D eigenvalue weighted by atomic mass is 10.1. The molecule has 1 aromatic rings. The molecule has 1 rings (SSSR count). The van der Waals surface area contributed by atoms with Gasteiger partial charge in [-0.15, -0.1) is 0 Å². The van der Waals surface area contributed by atoms with Gasteiger partial charge in [0.1, 0.15) is 5.75 Å². The van der Waals surface area contributed by atoms with Gasteiger partial charge in [-0.3, -0.25) is 4.79 Å². The number of amides is 1. The van der Waals surface area contributed by atoms with E-state index < -0.39 is 22.0 Å². The van der Waals surface area contributed by atoms with Gasteiger partial charge in [-0.1, -0.05) is 0 Å². The van der Waals surface area contributed by atoms with E-state index in [1.54, 1.807) is 13.8 Å². The summed E-state index contributed by atoms with van der Waals surface area (Å²) in [5, 5.41) is 5.08. The molecular weight excluding hydrogens is 256 g/mol. The van der Waals surface area contributed by atoms with Gasteiger partial charge < -0.3 is 10.5 Å². The highest BCUT2D eigenvalue weighted by atomic mass is 32.2. The van der Waals surface area contributed by atoms with Crippen LogP contribution in [-0.2, 0) is 14.8 Å². The number of hydrogen-bond acceptors (Lipinski definition) is 4. The summed E-state index contributed by atoms with van der Waals surface area (Å²) in [4.78, 5) is 10.9. The summed E-state index contributed by atoms with van der Waals surface area (Å²) in [7, 11) is -3.76. The van der Waals surface area contributed by atoms with E-state index in [9.17, 15) is 13.2 Å². The Labute approximate surface area is 106 Å². The van der Waals surface area contributed by atoms with Crippen molar-refractivity contribution in [3.05, 3.63) is 23.3 Å². The molecule has 0 aliphatic heterocycles. The second-order valence-electron chi connectivity index (χ2n) is 4.02. The van der Waals surface area contributed by atoms with Crippen molar-refractivity contribution in [2.45, 2.75) is 31.8 Å². The largest absolute Gasteiger partial charge is 0.481 e. The number of sulfonamides is 1. The number of carbonyl (C=O) groups is 1. The molecule has 6 nitrogen and oxygen atoms in total. The highest BCUT2D eigenvalue weighted by molar-refractivity contribution is 7.89. The Bertz CT molecular complexity index is 581. The quantitative estimate of drug-likeness (QED) is 0.815. The third-order valence-electron chi connectivity index (χ3n) is 2.70. The van der Waals surface area contributed by atoms with Gasteiger partial charge in [0.25, 0.3) is 5.91 Å². The van der Waals surface area contributed by atoms with Gasteiger partial charge in [-0.2, -0.15) is 0 Å². The minimum absolute atomic E-state index is 0.0408. The number of benzene rings is 1. The predicted octanol–water partition coefficient (Wildman–Crippen LogP) is 0.203. The molecule has 1 atom stereocenters. The van der Waals surface area contributed by atoms with Crippen molar-refractivity contribution in [1.29, 1.82) is 0 Å². The van der Waals surface area contributed by atoms with Gasteiger partial charge in [0, 0.05) is 0 Å². The van der Waals surface area contributed by atoms with Crippen molar-refractivity contribution in [1.82, 2.24) is 0 Å². The predicted molar refractivity (Wildman–Crippen MR) is 66.6 cm³/mol. The molecule has 1 amide bonds. The molecule has 0 fully saturated rings. The topological polar surface area (TPSA) is 112 Å². The third-order valence-corrected chi connectivity index (χ3v) is 3.75. The second-order valence-corrected chi connectivity index (χ2v) is 5.55. The van der Waals surface area contributed by atoms with Crippen LogP contribution < -0.4 is 15.6 Å². The summed E-state index contributed by atoms with van der Waals surface area (Å²) >= 11 is 0. The van der Waals surface area contributed by atoms with Crippen LogP contribution in [0.4, 0.5) is 0 Å². The number of primary amides is 1. The lowest BCUT2D eigenvalue weighted by Crippen LogP contribution is -2.31. The van der Waals surface area contributed by atoms with E-state index in [4.69, 9.17) is 15.6 Å². The molecule has 18 heavy (non-hydrogen) atoms. The van der Waals surface area contributed by atoms with Crippen LogP contribution in [0.25, 0.3) is 0 Å². The Morgan fingerprint density at radius 3 is 2.28 bits per heavy atom. The van der Waals surface area contributed by atoms with Gasteiger partial charge in [0.15, 0.2) is 6.10 Å². The average molecular weight is 272 g/mol. The van der Waals surface area contributed by atoms with E-state index in [2.05, 4.69) is 0 Å². The highest BCUT2D eigenvalue weighted by Gasteiger charge is 2.18. The molecule has 7 heteroatoms. The first-order valence-corrected chi connectivity index (χ1v) is 6.78. The minimum atomic E-state index is -3.76. The molecule has 100 valence electrons. The number of rotatable bonds is 4. The number of nitrogens with two attached hydrogens (primary N) is 2. The lowest BCUT2D eigenvalue weighted by molar-refractivity contribution is -0.124. The van der Waals surface area contributed by atoms with Crippen molar-refractivity contribution in [3.63, 3.8) is 0 Å². The maximum atomic E-state index is 11.3. The standard InChI is InChI=1S/C11H16N2O4S/c1-6-7(2)10(18(13,15)16)5-4-9(6)17-8(3)11(12)14/h4-5,8H,1-3H3,(H2,12,14)(H2,13,15,16). The Morgan fingerprint density at radius 2 is 1.83 bits per heavy atom. The molecule has 0 aliphatic carbocycles. The van der Waals surface area contributed by atoms with Crippen LogP contribution in [-0.4, -0.2) is 20.4 Å². The molecule has 0 aliphatic rings. The van der Waals surface area contributed by atoms with Gasteiger partial charge in [0.05, 0.1) is 4.90 Å². The Morgan fingerprint density at radius 1 is 1.28 bits per heavy atom. The van der Waals surface area contributed by atoms with E-state index >= 15 is 0 Å². The van der Waals surface area contributed by atoms with E-state index in [1.807, 2.05) is 0 Å². The first kappa shape index (κ1) is 14.5. The molecule has 0 bridgehead atoms. The smallest absolute Gasteiger partial charge is 0.258 e. The number of ether oxygens (including phenoxy) is 1. The van der Waals surface area contributed by atoms with Crippen LogP contribution in [0.2, 0.25) is 0 Å². The van der Waals surface area contributed by atoms with Crippen LogP contribution in [0.3, 0.4) is 0 Å². The van der Waals surface area contributed by atoms with Crippen molar-refractivity contribution >= 4 is 15.9 Å². The lowest BCUT2D eigenvalue weighted by Gasteiger charge is -2.16. The van der Waals surface area contributed by atoms with Gasteiger partial charge >= 0.3 is 0 Å². The Hall–Kier alpha value is -1.60. The van der Waals surface area contributed by atoms with Crippen molar-refractivity contribution in [2.75, 3.05) is 0 Å². The molecule has 1 unspecified atom stereocenters. The van der Waals surface area contributed by atoms with Gasteiger partial charge in [0.2, 0.25) is 10.0 Å². The molecule has 0 spiro atoms. The van der Waals surface area contributed by atoms with E-state index in [0.717, 1.165) is 0 Å². The molecule has 0 saturated carbocycles. The molecule has 4 N–H and O–H groups in total. The number of carbonyl (C=O) groups excluding carboxylic acids is 1. The fraction of sp³-hybridized carbons (Fsp3) is 0.364. The van der Waals surface area contributed by atoms with Crippen LogP contribution >= 0.6 is 0 Å². The summed E-state index contributed by atoms with van der Waals surface area (Å²) in [6.45, 7) is 4.83. The SMILES string of the molecule is Cc1c(OC(C)C(N)=O)ccc(S(N)(=O)=O)c1C. The maximum absolute atomic E-state index is 11.3. The zero-order chi connectivity index (χ0) is 14.1. The van der Waals surface area contributed by atoms with Crippen LogP contribution in [0, 0.1) is 13.8 Å². The van der Waals surface area contributed by atoms with Crippen molar-refractivity contribution < 1.29 is 17.9 Å². The third kappa shape index (κ3) is 2.99. The molecule has 1 aromatic carbocycles. The summed E-state index contributed by atoms with van der Waals surface area (Å²) in [6.07, 6.45) is -0.788. The summed E-state index contributed by atoms with van der Waals surface area (Å²) in [5.41, 5.74) is 6.19. The summed E-state index contributed by atoms with van der Waals surface area (Å²) in [6, 6.07) is 2.81. The molecule has 0 aromatic heterocycles. The fourth-order valence-electron chi connectivity index (χ4n) is 1.46. The zero-order valence-electron chi connectivity index (χ0n) is 10.4. The molecular formula is C11H16N2O4S. The Kier molecular flexibility index (Phi) is 3.98. The summed E-state index contributed by atoms with van der Waals surface area (Å²) < 4.78 is 28.0. The maximum Gasteiger partial charge on any atom is 0.258 e. The van der Waals surface area contributed by atoms with Crippen LogP contribution in [0.1, 0.15) is 18.1 Å². The van der Waals surface area contributed by atoms with Crippen LogP contribution in [0.5, 0.6) is 5.75 Å². The van der Waals surface area contributed by atoms with Crippen molar-refractivity contribution in [2.24, 2.45) is 10.9 Å². The Balaban J connectivity index is 3.21. The van der Waals surface area contributed by atoms with Gasteiger partial charge in [-0.05, 0) is 44.0 Å². The first-order chi connectivity index (χ1) is 8.14. The van der Waals surface area contributed by atoms with Crippen molar-refractivity contribution in [3.8, 4) is 5.75 Å². The molecule has 0 radical (unpaired) electrons. The minimum Gasteiger partial charge on any atom is -0.481 e. The number of hydrogen-bond donors (Lipinski definition) is 2. The van der Waals surface area contributed by atoms with Crippen LogP contribution in [0.15, 0.2) is 17.0 Å². The van der Waals surface area contributed by atoms with E-state index in [-0.39, 0.29) is 4.90 Å². The summed E-state index contributed by atoms with van der Waals surface area (Å²) in [5.74, 6) is -0.186. The second kappa shape index (κ2) is 4.95. The van der Waals surface area contributed by atoms with E-state index in [0.29, 0.717) is 16.9 Å². The number of primary sulfonamides is 1.